The molecule has 5 nitrogen and oxygen atoms in total. The standard InChI is InChI=1S/C24H33N3O2S/c1-16(2)13-14-25-23(29)22-21-18-11-7-8-12-19(18)26(3)24(21)30-15-20(28)27(22)17-9-5-4-6-10-17/h7-8,11-12,16-17,22H,4-6,9-10,13-15H2,1-3H3,(H,25,29). The number of hydrogen-bond acceptors (Lipinski definition) is 3. The van der Waals surface area contributed by atoms with Gasteiger partial charge in [-0.2, -0.15) is 0 Å². The first-order valence-electron chi connectivity index (χ1n) is 11.3. The number of para-hydroxylation sites is 1. The zero-order valence-corrected chi connectivity index (χ0v) is 19.1. The van der Waals surface area contributed by atoms with Gasteiger partial charge in [0.2, 0.25) is 11.8 Å². The number of hydrogen-bond donors (Lipinski definition) is 1. The van der Waals surface area contributed by atoms with Gasteiger partial charge in [-0.15, -0.1) is 0 Å². The van der Waals surface area contributed by atoms with Crippen LogP contribution < -0.4 is 5.32 Å². The molecule has 1 saturated carbocycles. The van der Waals surface area contributed by atoms with Gasteiger partial charge >= 0.3 is 0 Å². The number of nitrogens with one attached hydrogen (secondary N) is 1. The Morgan fingerprint density at radius 1 is 1.20 bits per heavy atom. The van der Waals surface area contributed by atoms with E-state index < -0.39 is 6.04 Å². The zero-order valence-electron chi connectivity index (χ0n) is 18.3. The molecule has 162 valence electrons. The number of nitrogens with zero attached hydrogens (tertiary/aromatic N) is 2. The van der Waals surface area contributed by atoms with E-state index in [4.69, 9.17) is 0 Å². The highest BCUT2D eigenvalue weighted by Gasteiger charge is 2.42. The van der Waals surface area contributed by atoms with Gasteiger partial charge in [0.15, 0.2) is 0 Å². The molecular formula is C24H33N3O2S. The minimum atomic E-state index is -0.552. The Labute approximate surface area is 183 Å². The van der Waals surface area contributed by atoms with Crippen molar-refractivity contribution in [3.05, 3.63) is 29.8 Å². The molecule has 2 aromatic rings. The molecule has 0 saturated heterocycles. The first-order chi connectivity index (χ1) is 14.5. The largest absolute Gasteiger partial charge is 0.354 e. The molecule has 2 amide bonds. The second kappa shape index (κ2) is 9.04. The van der Waals surface area contributed by atoms with Crippen LogP contribution in [-0.2, 0) is 16.6 Å². The Kier molecular flexibility index (Phi) is 6.42. The highest BCUT2D eigenvalue weighted by molar-refractivity contribution is 8.00. The van der Waals surface area contributed by atoms with Crippen LogP contribution >= 0.6 is 11.8 Å². The number of aromatic nitrogens is 1. The average molecular weight is 428 g/mol. The molecule has 4 rings (SSSR count). The van der Waals surface area contributed by atoms with Gasteiger partial charge in [-0.3, -0.25) is 9.59 Å². The van der Waals surface area contributed by atoms with E-state index in [2.05, 4.69) is 35.9 Å². The van der Waals surface area contributed by atoms with Crippen molar-refractivity contribution >= 4 is 34.5 Å². The van der Waals surface area contributed by atoms with E-state index >= 15 is 0 Å². The zero-order chi connectivity index (χ0) is 21.3. The van der Waals surface area contributed by atoms with Gasteiger partial charge < -0.3 is 14.8 Å². The predicted molar refractivity (Wildman–Crippen MR) is 123 cm³/mol. The lowest BCUT2D eigenvalue weighted by Crippen LogP contribution is -2.49. The van der Waals surface area contributed by atoms with E-state index in [1.54, 1.807) is 11.8 Å². The Bertz CT molecular complexity index is 930. The maximum Gasteiger partial charge on any atom is 0.247 e. The van der Waals surface area contributed by atoms with Crippen molar-refractivity contribution in [1.82, 2.24) is 14.8 Å². The van der Waals surface area contributed by atoms with Crippen molar-refractivity contribution in [3.63, 3.8) is 0 Å². The third kappa shape index (κ3) is 3.98. The maximum absolute atomic E-state index is 13.6. The summed E-state index contributed by atoms with van der Waals surface area (Å²) < 4.78 is 2.15. The molecule has 2 aliphatic rings. The Morgan fingerprint density at radius 2 is 1.93 bits per heavy atom. The third-order valence-corrected chi connectivity index (χ3v) is 7.66. The predicted octanol–water partition coefficient (Wildman–Crippen LogP) is 4.65. The quantitative estimate of drug-likeness (QED) is 0.756. The first kappa shape index (κ1) is 21.3. The van der Waals surface area contributed by atoms with Gasteiger partial charge in [0.25, 0.3) is 0 Å². The minimum absolute atomic E-state index is 0.0327. The number of rotatable bonds is 5. The van der Waals surface area contributed by atoms with E-state index in [-0.39, 0.29) is 17.9 Å². The molecule has 1 unspecified atom stereocenters. The summed E-state index contributed by atoms with van der Waals surface area (Å²) in [5, 5.41) is 5.30. The van der Waals surface area contributed by atoms with Gasteiger partial charge in [0.05, 0.1) is 10.8 Å². The second-order valence-electron chi connectivity index (χ2n) is 9.05. The molecule has 0 radical (unpaired) electrons. The van der Waals surface area contributed by atoms with Crippen LogP contribution in [0.25, 0.3) is 10.9 Å². The smallest absolute Gasteiger partial charge is 0.247 e. The Morgan fingerprint density at radius 3 is 2.67 bits per heavy atom. The lowest BCUT2D eigenvalue weighted by atomic mass is 9.91. The SMILES string of the molecule is CC(C)CCNC(=O)C1c2c(n(C)c3ccccc23)SCC(=O)N1C1CCCCC1. The lowest BCUT2D eigenvalue weighted by Gasteiger charge is -2.38. The van der Waals surface area contributed by atoms with Gasteiger partial charge in [-0.25, -0.2) is 0 Å². The summed E-state index contributed by atoms with van der Waals surface area (Å²) in [5.74, 6) is 0.980. The van der Waals surface area contributed by atoms with Gasteiger partial charge in [0, 0.05) is 36.1 Å². The lowest BCUT2D eigenvalue weighted by molar-refractivity contribution is -0.142. The molecule has 1 aliphatic heterocycles. The topological polar surface area (TPSA) is 54.3 Å². The molecule has 1 aromatic carbocycles. The number of thioether (sulfide) groups is 1. The van der Waals surface area contributed by atoms with Crippen LogP contribution in [0.4, 0.5) is 0 Å². The maximum atomic E-state index is 13.6. The van der Waals surface area contributed by atoms with Crippen LogP contribution in [0.5, 0.6) is 0 Å². The average Bonchev–Trinajstić information content (AvgIpc) is 2.91. The number of aryl methyl sites for hydroxylation is 1. The van der Waals surface area contributed by atoms with Gasteiger partial charge in [-0.1, -0.05) is 63.1 Å². The summed E-state index contributed by atoms with van der Waals surface area (Å²) >= 11 is 1.58. The summed E-state index contributed by atoms with van der Waals surface area (Å²) in [6.07, 6.45) is 6.40. The van der Waals surface area contributed by atoms with Crippen molar-refractivity contribution in [1.29, 1.82) is 0 Å². The highest BCUT2D eigenvalue weighted by atomic mass is 32.2. The van der Waals surface area contributed by atoms with Crippen LogP contribution in [0.1, 0.15) is 64.0 Å². The normalized spacial score (nSPS) is 20.5. The molecule has 2 heterocycles. The highest BCUT2D eigenvalue weighted by Crippen LogP contribution is 2.43. The van der Waals surface area contributed by atoms with Gasteiger partial charge in [0.1, 0.15) is 6.04 Å². The molecule has 6 heteroatoms. The second-order valence-corrected chi connectivity index (χ2v) is 10.0. The van der Waals surface area contributed by atoms with Crippen molar-refractivity contribution in [3.8, 4) is 0 Å². The molecule has 1 atom stereocenters. The molecule has 30 heavy (non-hydrogen) atoms. The summed E-state index contributed by atoms with van der Waals surface area (Å²) in [5.41, 5.74) is 2.13. The third-order valence-electron chi connectivity index (χ3n) is 6.50. The van der Waals surface area contributed by atoms with E-state index in [9.17, 15) is 9.59 Å². The van der Waals surface area contributed by atoms with E-state index in [1.807, 2.05) is 24.1 Å². The first-order valence-corrected chi connectivity index (χ1v) is 12.3. The molecule has 1 fully saturated rings. The number of carbonyl (C=O) groups is 2. The van der Waals surface area contributed by atoms with Gasteiger partial charge in [-0.05, 0) is 31.2 Å². The number of benzene rings is 1. The van der Waals surface area contributed by atoms with E-state index in [0.717, 1.165) is 53.6 Å². The van der Waals surface area contributed by atoms with Crippen LogP contribution in [-0.4, -0.2) is 39.6 Å². The number of fused-ring (bicyclic) bond motifs is 3. The van der Waals surface area contributed by atoms with Crippen molar-refractivity contribution < 1.29 is 9.59 Å². The molecule has 0 spiro atoms. The summed E-state index contributed by atoms with van der Waals surface area (Å²) in [6.45, 7) is 4.97. The fourth-order valence-corrected chi connectivity index (χ4v) is 6.02. The van der Waals surface area contributed by atoms with Crippen molar-refractivity contribution in [2.24, 2.45) is 13.0 Å². The fraction of sp³-hybridized carbons (Fsp3) is 0.583. The monoisotopic (exact) mass is 427 g/mol. The Hall–Kier alpha value is -1.95. The summed E-state index contributed by atoms with van der Waals surface area (Å²) in [6, 6.07) is 7.86. The minimum Gasteiger partial charge on any atom is -0.354 e. The summed E-state index contributed by atoms with van der Waals surface area (Å²) in [4.78, 5) is 28.9. The summed E-state index contributed by atoms with van der Waals surface area (Å²) in [7, 11) is 2.04. The van der Waals surface area contributed by atoms with Crippen molar-refractivity contribution in [2.45, 2.75) is 69.5 Å². The number of carbonyl (C=O) groups excluding carboxylic acids is 2. The van der Waals surface area contributed by atoms with E-state index in [0.29, 0.717) is 18.2 Å². The van der Waals surface area contributed by atoms with E-state index in [1.165, 1.54) is 6.42 Å². The fourth-order valence-electron chi connectivity index (χ4n) is 4.94. The molecule has 1 N–H and O–H groups in total. The molecule has 0 bridgehead atoms. The van der Waals surface area contributed by atoms with Crippen molar-refractivity contribution in [2.75, 3.05) is 12.3 Å². The van der Waals surface area contributed by atoms with Crippen LogP contribution in [0.2, 0.25) is 0 Å². The molecule has 1 aromatic heterocycles. The Balaban J connectivity index is 1.80. The molecule has 1 aliphatic carbocycles. The van der Waals surface area contributed by atoms with Crippen LogP contribution in [0, 0.1) is 5.92 Å². The van der Waals surface area contributed by atoms with Crippen LogP contribution in [0.15, 0.2) is 29.3 Å². The van der Waals surface area contributed by atoms with Crippen LogP contribution in [0.3, 0.4) is 0 Å². The molecular weight excluding hydrogens is 394 g/mol. The number of amides is 2.